The molecule has 0 unspecified atom stereocenters. The predicted octanol–water partition coefficient (Wildman–Crippen LogP) is 2.54. The second-order valence-corrected chi connectivity index (χ2v) is 12.6. The molecule has 5 aromatic rings. The zero-order valence-electron chi connectivity index (χ0n) is 30.5. The number of halogens is 5. The molecule has 1 heterocycles. The van der Waals surface area contributed by atoms with Gasteiger partial charge in [0.15, 0.2) is 11.6 Å². The first-order valence-corrected chi connectivity index (χ1v) is 17.1. The maximum atomic E-state index is 15.8. The SMILES string of the molecule is COc1cccc(-c2c(C)n(Cc3c(F)cccc3C(F)(F)F)c(=O)n(C[C@H](NC[C@H](NCCCC(=O)[O-])c3ccccc3)c3ccccc3)c2=O)c1F.[Na+]. The summed E-state index contributed by atoms with van der Waals surface area (Å²) < 4.78 is 80.1. The molecule has 5 rings (SSSR count). The van der Waals surface area contributed by atoms with Gasteiger partial charge in [-0.3, -0.25) is 13.9 Å². The van der Waals surface area contributed by atoms with Crippen LogP contribution < -0.4 is 61.3 Å². The summed E-state index contributed by atoms with van der Waals surface area (Å²) in [5, 5.41) is 17.7. The van der Waals surface area contributed by atoms with Crippen LogP contribution in [0.15, 0.2) is 107 Å². The Morgan fingerprint density at radius 2 is 1.45 bits per heavy atom. The fourth-order valence-electron chi connectivity index (χ4n) is 6.38. The predicted molar refractivity (Wildman–Crippen MR) is 191 cm³/mol. The molecule has 0 spiro atoms. The van der Waals surface area contributed by atoms with Crippen LogP contribution in [-0.2, 0) is 24.1 Å². The standard InChI is InChI=1S/C40H39F5N4O5.Na/c1-25-36(28-16-9-19-34(54-2)37(28)42)38(52)49(39(53)48(25)23-29-30(40(43,44)45)17-10-18-31(29)41)24-33(27-14-7-4-8-15-27)47-22-32(26-12-5-3-6-13-26)46-21-11-20-35(50)51;/h3-10,12-19,32-33,46-47H,11,20-24H2,1-2H3,(H,50,51);/q;+1/p-1/t32-,33-;/m0./s1. The molecule has 15 heteroatoms. The summed E-state index contributed by atoms with van der Waals surface area (Å²) in [4.78, 5) is 39.8. The van der Waals surface area contributed by atoms with Crippen molar-refractivity contribution in [3.63, 3.8) is 0 Å². The number of hydrogen-bond donors (Lipinski definition) is 2. The smallest absolute Gasteiger partial charge is 0.550 e. The molecule has 55 heavy (non-hydrogen) atoms. The van der Waals surface area contributed by atoms with Crippen molar-refractivity contribution in [1.82, 2.24) is 19.8 Å². The summed E-state index contributed by atoms with van der Waals surface area (Å²) in [6, 6.07) is 23.4. The maximum absolute atomic E-state index is 15.8. The van der Waals surface area contributed by atoms with E-state index in [0.29, 0.717) is 24.6 Å². The quantitative estimate of drug-likeness (QED) is 0.0901. The molecule has 0 bridgehead atoms. The van der Waals surface area contributed by atoms with Crippen LogP contribution in [0.5, 0.6) is 5.75 Å². The number of aliphatic carboxylic acids is 1. The molecule has 0 aliphatic rings. The van der Waals surface area contributed by atoms with Crippen molar-refractivity contribution in [1.29, 1.82) is 0 Å². The number of methoxy groups -OCH3 is 1. The molecule has 2 N–H and O–H groups in total. The van der Waals surface area contributed by atoms with Gasteiger partial charge in [0.2, 0.25) is 0 Å². The minimum Gasteiger partial charge on any atom is -0.550 e. The number of aromatic nitrogens is 2. The number of ether oxygens (including phenoxy) is 1. The number of nitrogens with one attached hydrogen (secondary N) is 2. The number of nitrogens with zero attached hydrogens (tertiary/aromatic N) is 2. The third kappa shape index (κ3) is 10.4. The molecule has 0 amide bonds. The van der Waals surface area contributed by atoms with Crippen LogP contribution >= 0.6 is 0 Å². The third-order valence-corrected chi connectivity index (χ3v) is 9.17. The van der Waals surface area contributed by atoms with Crippen molar-refractivity contribution in [2.75, 3.05) is 20.2 Å². The number of carbonyl (C=O) groups is 1. The second-order valence-electron chi connectivity index (χ2n) is 12.6. The van der Waals surface area contributed by atoms with E-state index in [1.807, 2.05) is 30.3 Å². The summed E-state index contributed by atoms with van der Waals surface area (Å²) in [6.07, 6.45) is -4.82. The monoisotopic (exact) mass is 772 g/mol. The van der Waals surface area contributed by atoms with Gasteiger partial charge in [-0.15, -0.1) is 0 Å². The first kappa shape index (κ1) is 43.1. The van der Waals surface area contributed by atoms with Gasteiger partial charge >= 0.3 is 41.4 Å². The van der Waals surface area contributed by atoms with Gasteiger partial charge in [0.1, 0.15) is 5.82 Å². The van der Waals surface area contributed by atoms with E-state index >= 15 is 8.78 Å². The molecule has 0 radical (unpaired) electrons. The number of carboxylic acids is 1. The topological polar surface area (TPSA) is 117 Å². The molecule has 9 nitrogen and oxygen atoms in total. The van der Waals surface area contributed by atoms with Gasteiger partial charge in [0.05, 0.1) is 37.4 Å². The normalized spacial score (nSPS) is 12.5. The number of carboxylic acid groups (broad SMARTS) is 1. The van der Waals surface area contributed by atoms with E-state index in [0.717, 1.165) is 26.8 Å². The minimum atomic E-state index is -4.97. The summed E-state index contributed by atoms with van der Waals surface area (Å²) >= 11 is 0. The fourth-order valence-corrected chi connectivity index (χ4v) is 6.38. The van der Waals surface area contributed by atoms with Crippen LogP contribution in [-0.4, -0.2) is 35.3 Å². The molecule has 4 aromatic carbocycles. The molecule has 0 fully saturated rings. The van der Waals surface area contributed by atoms with Gasteiger partial charge in [-0.25, -0.2) is 13.6 Å². The van der Waals surface area contributed by atoms with Gasteiger partial charge in [-0.05, 0) is 55.6 Å². The van der Waals surface area contributed by atoms with E-state index < -0.39 is 58.7 Å². The molecule has 0 saturated carbocycles. The zero-order chi connectivity index (χ0) is 39.0. The van der Waals surface area contributed by atoms with E-state index in [4.69, 9.17) is 4.74 Å². The average Bonchev–Trinajstić information content (AvgIpc) is 3.15. The van der Waals surface area contributed by atoms with E-state index in [2.05, 4.69) is 10.6 Å². The van der Waals surface area contributed by atoms with Crippen molar-refractivity contribution in [2.24, 2.45) is 0 Å². The van der Waals surface area contributed by atoms with Crippen LogP contribution in [0.1, 0.15) is 52.9 Å². The molecule has 0 saturated heterocycles. The van der Waals surface area contributed by atoms with E-state index in [9.17, 15) is 32.7 Å². The number of hydrogen-bond acceptors (Lipinski definition) is 7. The first-order chi connectivity index (χ1) is 25.8. The Balaban J connectivity index is 0.00000673. The summed E-state index contributed by atoms with van der Waals surface area (Å²) in [5.74, 6) is -3.55. The van der Waals surface area contributed by atoms with Gasteiger partial charge < -0.3 is 25.3 Å². The molecule has 0 aliphatic carbocycles. The van der Waals surface area contributed by atoms with Crippen LogP contribution in [0.3, 0.4) is 0 Å². The Bertz CT molecular complexity index is 2200. The number of rotatable bonds is 16. The summed E-state index contributed by atoms with van der Waals surface area (Å²) in [7, 11) is 1.22. The molecular formula is C40H38F5N4NaO5. The fraction of sp³-hybridized carbons (Fsp3) is 0.275. The minimum absolute atomic E-state index is 0. The van der Waals surface area contributed by atoms with Crippen LogP contribution in [0, 0.1) is 18.6 Å². The van der Waals surface area contributed by atoms with Crippen LogP contribution in [0.4, 0.5) is 22.0 Å². The Hall–Kier alpha value is -4.60. The maximum Gasteiger partial charge on any atom is 1.00 e. The molecule has 1 aromatic heterocycles. The van der Waals surface area contributed by atoms with Gasteiger partial charge in [0.25, 0.3) is 5.56 Å². The average molecular weight is 773 g/mol. The van der Waals surface area contributed by atoms with Crippen LogP contribution in [0.25, 0.3) is 11.1 Å². The molecular weight excluding hydrogens is 734 g/mol. The Morgan fingerprint density at radius 1 is 0.836 bits per heavy atom. The Labute approximate surface area is 336 Å². The second kappa shape index (κ2) is 19.3. The van der Waals surface area contributed by atoms with E-state index in [-0.39, 0.29) is 77.7 Å². The number of benzene rings is 4. The van der Waals surface area contributed by atoms with Crippen molar-refractivity contribution >= 4 is 5.97 Å². The van der Waals surface area contributed by atoms with Gasteiger partial charge in [-0.2, -0.15) is 13.2 Å². The van der Waals surface area contributed by atoms with Gasteiger partial charge in [-0.1, -0.05) is 78.9 Å². The summed E-state index contributed by atoms with van der Waals surface area (Å²) in [6.45, 7) is 0.555. The molecule has 284 valence electrons. The van der Waals surface area contributed by atoms with Gasteiger partial charge in [0, 0.05) is 35.4 Å². The number of alkyl halides is 3. The van der Waals surface area contributed by atoms with E-state index in [1.165, 1.54) is 32.2 Å². The van der Waals surface area contributed by atoms with E-state index in [1.54, 1.807) is 30.3 Å². The van der Waals surface area contributed by atoms with Crippen molar-refractivity contribution < 1.29 is 66.1 Å². The molecule has 0 aliphatic heterocycles. The van der Waals surface area contributed by atoms with Crippen molar-refractivity contribution in [3.8, 4) is 16.9 Å². The van der Waals surface area contributed by atoms with Crippen LogP contribution in [0.2, 0.25) is 0 Å². The summed E-state index contributed by atoms with van der Waals surface area (Å²) in [5.41, 5.74) is -3.36. The number of carbonyl (C=O) groups excluding carboxylic acids is 1. The van der Waals surface area contributed by atoms with Crippen molar-refractivity contribution in [2.45, 2.75) is 51.1 Å². The largest absolute Gasteiger partial charge is 1.00 e. The first-order valence-electron chi connectivity index (χ1n) is 17.1. The Kier molecular flexibility index (Phi) is 15.1. The zero-order valence-corrected chi connectivity index (χ0v) is 32.5. The van der Waals surface area contributed by atoms with Crippen molar-refractivity contribution in [3.05, 3.63) is 157 Å². The Morgan fingerprint density at radius 3 is 2.05 bits per heavy atom. The third-order valence-electron chi connectivity index (χ3n) is 9.17. The molecule has 2 atom stereocenters.